The Morgan fingerprint density at radius 1 is 1.31 bits per heavy atom. The van der Waals surface area contributed by atoms with Crippen LogP contribution in [0, 0.1) is 28.6 Å². The van der Waals surface area contributed by atoms with Gasteiger partial charge in [-0.15, -0.1) is 0 Å². The van der Waals surface area contributed by atoms with Gasteiger partial charge >= 0.3 is 0 Å². The molecule has 3 aliphatic carbocycles. The van der Waals surface area contributed by atoms with E-state index in [9.17, 15) is 4.79 Å². The first-order valence-corrected chi connectivity index (χ1v) is 6.65. The minimum atomic E-state index is 0.246. The van der Waals surface area contributed by atoms with Gasteiger partial charge in [-0.25, -0.2) is 0 Å². The van der Waals surface area contributed by atoms with E-state index in [1.807, 2.05) is 6.08 Å². The highest BCUT2D eigenvalue weighted by Crippen LogP contribution is 2.73. The monoisotopic (exact) mass is 218 g/mol. The van der Waals surface area contributed by atoms with Crippen LogP contribution in [0.25, 0.3) is 0 Å². The summed E-state index contributed by atoms with van der Waals surface area (Å²) in [6.07, 6.45) is 5.77. The van der Waals surface area contributed by atoms with Gasteiger partial charge in [-0.1, -0.05) is 33.3 Å². The summed E-state index contributed by atoms with van der Waals surface area (Å²) in [5, 5.41) is 0. The Morgan fingerprint density at radius 3 is 2.69 bits per heavy atom. The summed E-state index contributed by atoms with van der Waals surface area (Å²) in [4.78, 5) is 12.1. The first-order valence-electron chi connectivity index (χ1n) is 6.65. The van der Waals surface area contributed by atoms with E-state index in [0.717, 1.165) is 12.3 Å². The number of hydrogen-bond donors (Lipinski definition) is 0. The topological polar surface area (TPSA) is 17.1 Å². The fourth-order valence-corrected chi connectivity index (χ4v) is 4.77. The Labute approximate surface area is 98.3 Å². The summed E-state index contributed by atoms with van der Waals surface area (Å²) in [5.41, 5.74) is 2.03. The van der Waals surface area contributed by atoms with Gasteiger partial charge in [0, 0.05) is 5.92 Å². The number of ketones is 1. The molecule has 16 heavy (non-hydrogen) atoms. The molecule has 0 heterocycles. The van der Waals surface area contributed by atoms with Crippen molar-refractivity contribution < 1.29 is 4.79 Å². The molecule has 1 heteroatoms. The molecule has 4 atom stereocenters. The summed E-state index contributed by atoms with van der Waals surface area (Å²) in [5.74, 6) is 2.09. The van der Waals surface area contributed by atoms with Gasteiger partial charge in [-0.3, -0.25) is 4.79 Å². The molecule has 0 N–H and O–H groups in total. The zero-order chi connectivity index (χ0) is 11.7. The number of hydrogen-bond acceptors (Lipinski definition) is 1. The van der Waals surface area contributed by atoms with Crippen molar-refractivity contribution in [2.45, 2.75) is 47.0 Å². The van der Waals surface area contributed by atoms with Crippen molar-refractivity contribution >= 4 is 5.78 Å². The average Bonchev–Trinajstić information content (AvgIpc) is 2.77. The molecule has 0 amide bonds. The molecule has 2 fully saturated rings. The zero-order valence-electron chi connectivity index (χ0n) is 10.8. The number of rotatable bonds is 0. The van der Waals surface area contributed by atoms with E-state index in [2.05, 4.69) is 27.7 Å². The molecule has 0 aromatic rings. The van der Waals surface area contributed by atoms with Crippen LogP contribution >= 0.6 is 0 Å². The third-order valence-electron chi connectivity index (χ3n) is 5.90. The molecule has 2 saturated carbocycles. The Kier molecular flexibility index (Phi) is 1.85. The molecular formula is C15H22O. The highest BCUT2D eigenvalue weighted by Gasteiger charge is 2.71. The molecule has 0 aromatic carbocycles. The molecule has 0 unspecified atom stereocenters. The second-order valence-electron chi connectivity index (χ2n) is 6.92. The molecule has 3 rings (SSSR count). The summed E-state index contributed by atoms with van der Waals surface area (Å²) < 4.78 is 0. The quantitative estimate of drug-likeness (QED) is 0.607. The van der Waals surface area contributed by atoms with Crippen LogP contribution in [0.2, 0.25) is 0 Å². The van der Waals surface area contributed by atoms with Crippen LogP contribution in [-0.2, 0) is 4.79 Å². The van der Waals surface area contributed by atoms with Gasteiger partial charge in [-0.05, 0) is 48.0 Å². The highest BCUT2D eigenvalue weighted by atomic mass is 16.1. The van der Waals surface area contributed by atoms with Crippen LogP contribution in [0.3, 0.4) is 0 Å². The van der Waals surface area contributed by atoms with E-state index in [0.29, 0.717) is 23.0 Å². The van der Waals surface area contributed by atoms with Crippen LogP contribution < -0.4 is 0 Å². The fraction of sp³-hybridized carbons (Fsp3) is 0.800. The number of carbonyl (C=O) groups is 1. The van der Waals surface area contributed by atoms with E-state index in [4.69, 9.17) is 0 Å². The van der Waals surface area contributed by atoms with E-state index < -0.39 is 0 Å². The van der Waals surface area contributed by atoms with E-state index in [-0.39, 0.29) is 5.41 Å². The smallest absolute Gasteiger partial charge is 0.159 e. The molecular weight excluding hydrogens is 196 g/mol. The summed E-state index contributed by atoms with van der Waals surface area (Å²) >= 11 is 0. The second kappa shape index (κ2) is 2.80. The normalized spacial score (nSPS) is 49.1. The van der Waals surface area contributed by atoms with E-state index >= 15 is 0 Å². The minimum absolute atomic E-state index is 0.246. The third kappa shape index (κ3) is 1.00. The van der Waals surface area contributed by atoms with Gasteiger partial charge in [0.25, 0.3) is 0 Å². The lowest BCUT2D eigenvalue weighted by molar-refractivity contribution is -0.117. The van der Waals surface area contributed by atoms with Crippen molar-refractivity contribution in [2.75, 3.05) is 0 Å². The third-order valence-corrected chi connectivity index (χ3v) is 5.90. The Bertz CT molecular complexity index is 390. The second-order valence-corrected chi connectivity index (χ2v) is 6.92. The van der Waals surface area contributed by atoms with Crippen LogP contribution in [0.1, 0.15) is 47.0 Å². The summed E-state index contributed by atoms with van der Waals surface area (Å²) in [6.45, 7) is 9.36. The van der Waals surface area contributed by atoms with Gasteiger partial charge in [0.05, 0.1) is 0 Å². The number of allylic oxidation sites excluding steroid dienone is 2. The molecule has 3 aliphatic rings. The number of fused-ring (bicyclic) bond motifs is 3. The van der Waals surface area contributed by atoms with Crippen molar-refractivity contribution in [1.82, 2.24) is 0 Å². The van der Waals surface area contributed by atoms with Gasteiger partial charge in [-0.2, -0.15) is 0 Å². The van der Waals surface area contributed by atoms with Crippen molar-refractivity contribution in [3.05, 3.63) is 11.6 Å². The predicted molar refractivity (Wildman–Crippen MR) is 65.0 cm³/mol. The average molecular weight is 218 g/mol. The first-order chi connectivity index (χ1) is 7.40. The van der Waals surface area contributed by atoms with Gasteiger partial charge in [0.15, 0.2) is 5.78 Å². The molecule has 0 aliphatic heterocycles. The van der Waals surface area contributed by atoms with E-state index in [1.54, 1.807) is 0 Å². The van der Waals surface area contributed by atoms with Gasteiger partial charge < -0.3 is 0 Å². The molecule has 0 spiro atoms. The standard InChI is InChI=1S/C15H22O/c1-9-6-5-7-10-8-11(16)12-13(14(12,2)3)15(9,10)4/h8-9,12-13H,5-7H2,1-4H3/t9-,12+,13-,15-/m1/s1. The van der Waals surface area contributed by atoms with Crippen molar-refractivity contribution in [2.24, 2.45) is 28.6 Å². The van der Waals surface area contributed by atoms with Gasteiger partial charge in [0.2, 0.25) is 0 Å². The molecule has 0 bridgehead atoms. The van der Waals surface area contributed by atoms with Gasteiger partial charge in [0.1, 0.15) is 0 Å². The molecule has 0 aromatic heterocycles. The van der Waals surface area contributed by atoms with Crippen LogP contribution in [-0.4, -0.2) is 5.78 Å². The maximum atomic E-state index is 12.1. The largest absolute Gasteiger partial charge is 0.295 e. The SMILES string of the molecule is C[C@@H]1CCCC2=CC(=O)[C@H]3[C@H](C3(C)C)[C@@]21C. The Hall–Kier alpha value is -0.590. The van der Waals surface area contributed by atoms with Crippen molar-refractivity contribution in [1.29, 1.82) is 0 Å². The predicted octanol–water partition coefficient (Wildman–Crippen LogP) is 3.59. The Balaban J connectivity index is 2.10. The molecule has 88 valence electrons. The lowest BCUT2D eigenvalue weighted by atomic mass is 9.59. The number of carbonyl (C=O) groups excluding carboxylic acids is 1. The van der Waals surface area contributed by atoms with Crippen LogP contribution in [0.15, 0.2) is 11.6 Å². The maximum Gasteiger partial charge on any atom is 0.159 e. The highest BCUT2D eigenvalue weighted by molar-refractivity contribution is 5.97. The zero-order valence-corrected chi connectivity index (χ0v) is 10.8. The molecule has 0 radical (unpaired) electrons. The summed E-state index contributed by atoms with van der Waals surface area (Å²) in [7, 11) is 0. The summed E-state index contributed by atoms with van der Waals surface area (Å²) in [6, 6.07) is 0. The lowest BCUT2D eigenvalue weighted by Gasteiger charge is -2.45. The lowest BCUT2D eigenvalue weighted by Crippen LogP contribution is -2.38. The first kappa shape index (κ1) is 10.6. The molecule has 1 nitrogen and oxygen atoms in total. The molecule has 0 saturated heterocycles. The fourth-order valence-electron chi connectivity index (χ4n) is 4.77. The Morgan fingerprint density at radius 2 is 2.00 bits per heavy atom. The van der Waals surface area contributed by atoms with Crippen molar-refractivity contribution in [3.8, 4) is 0 Å². The van der Waals surface area contributed by atoms with Crippen LogP contribution in [0.4, 0.5) is 0 Å². The van der Waals surface area contributed by atoms with E-state index in [1.165, 1.54) is 18.4 Å². The maximum absolute atomic E-state index is 12.1. The minimum Gasteiger partial charge on any atom is -0.295 e. The van der Waals surface area contributed by atoms with Crippen LogP contribution in [0.5, 0.6) is 0 Å². The van der Waals surface area contributed by atoms with Crippen molar-refractivity contribution in [3.63, 3.8) is 0 Å².